The van der Waals surface area contributed by atoms with Crippen molar-refractivity contribution in [2.24, 2.45) is 0 Å². The largest absolute Gasteiger partial charge is 0.465 e. The number of halogens is 2. The highest BCUT2D eigenvalue weighted by molar-refractivity contribution is 5.89. The molecule has 3 nitrogen and oxygen atoms in total. The molecule has 5 heteroatoms. The number of carbonyl (C=O) groups is 1. The number of benzene rings is 1. The van der Waals surface area contributed by atoms with Gasteiger partial charge in [-0.25, -0.2) is 4.79 Å². The molecule has 0 unspecified atom stereocenters. The number of aryl methyl sites for hydroxylation is 1. The van der Waals surface area contributed by atoms with E-state index in [1.54, 1.807) is 6.92 Å². The smallest absolute Gasteiger partial charge is 0.387 e. The lowest BCUT2D eigenvalue weighted by atomic mass is 10.1. The van der Waals surface area contributed by atoms with E-state index in [4.69, 9.17) is 0 Å². The van der Waals surface area contributed by atoms with Gasteiger partial charge < -0.3 is 9.47 Å². The molecule has 0 radical (unpaired) electrons. The van der Waals surface area contributed by atoms with Crippen LogP contribution in [0.4, 0.5) is 8.78 Å². The van der Waals surface area contributed by atoms with Crippen LogP contribution in [0.25, 0.3) is 0 Å². The molecule has 1 aromatic carbocycles. The van der Waals surface area contributed by atoms with E-state index in [0.29, 0.717) is 5.56 Å². The van der Waals surface area contributed by atoms with E-state index in [0.717, 1.165) is 0 Å². The van der Waals surface area contributed by atoms with Crippen LogP contribution in [0, 0.1) is 6.92 Å². The lowest BCUT2D eigenvalue weighted by Gasteiger charge is -2.08. The SMILES string of the molecule is COC(=O)c1ccc(C)c(OC(F)F)c1. The minimum absolute atomic E-state index is 0.0205. The van der Waals surface area contributed by atoms with Crippen LogP contribution in [-0.4, -0.2) is 19.7 Å². The number of rotatable bonds is 3. The molecule has 1 aromatic rings. The van der Waals surface area contributed by atoms with Crippen molar-refractivity contribution in [2.75, 3.05) is 7.11 Å². The van der Waals surface area contributed by atoms with Crippen LogP contribution in [0.3, 0.4) is 0 Å². The Morgan fingerprint density at radius 3 is 2.60 bits per heavy atom. The fourth-order valence-electron chi connectivity index (χ4n) is 1.07. The lowest BCUT2D eigenvalue weighted by molar-refractivity contribution is -0.0503. The Hall–Kier alpha value is -1.65. The summed E-state index contributed by atoms with van der Waals surface area (Å²) >= 11 is 0. The predicted octanol–water partition coefficient (Wildman–Crippen LogP) is 2.38. The van der Waals surface area contributed by atoms with Crippen LogP contribution >= 0.6 is 0 Å². The van der Waals surface area contributed by atoms with Gasteiger partial charge in [0.2, 0.25) is 0 Å². The van der Waals surface area contributed by atoms with E-state index in [1.807, 2.05) is 0 Å². The second kappa shape index (κ2) is 4.72. The van der Waals surface area contributed by atoms with Crippen molar-refractivity contribution in [1.82, 2.24) is 0 Å². The summed E-state index contributed by atoms with van der Waals surface area (Å²) in [6, 6.07) is 4.23. The van der Waals surface area contributed by atoms with E-state index in [1.165, 1.54) is 25.3 Å². The minimum atomic E-state index is -2.91. The van der Waals surface area contributed by atoms with Gasteiger partial charge in [-0.2, -0.15) is 8.78 Å². The molecule has 0 N–H and O–H groups in total. The maximum Gasteiger partial charge on any atom is 0.387 e. The summed E-state index contributed by atoms with van der Waals surface area (Å²) in [5, 5.41) is 0. The van der Waals surface area contributed by atoms with Crippen molar-refractivity contribution in [3.05, 3.63) is 29.3 Å². The van der Waals surface area contributed by atoms with Crippen molar-refractivity contribution in [2.45, 2.75) is 13.5 Å². The summed E-state index contributed by atoms with van der Waals surface area (Å²) in [4.78, 5) is 11.1. The van der Waals surface area contributed by atoms with E-state index in [-0.39, 0.29) is 11.3 Å². The molecule has 82 valence electrons. The van der Waals surface area contributed by atoms with Crippen molar-refractivity contribution in [3.63, 3.8) is 0 Å². The molecule has 0 aromatic heterocycles. The number of esters is 1. The van der Waals surface area contributed by atoms with Gasteiger partial charge in [0.1, 0.15) is 5.75 Å². The third-order valence-electron chi connectivity index (χ3n) is 1.83. The van der Waals surface area contributed by atoms with Gasteiger partial charge in [0.25, 0.3) is 0 Å². The number of alkyl halides is 2. The van der Waals surface area contributed by atoms with E-state index in [2.05, 4.69) is 9.47 Å². The van der Waals surface area contributed by atoms with Gasteiger partial charge in [-0.05, 0) is 24.6 Å². The van der Waals surface area contributed by atoms with Gasteiger partial charge in [-0.1, -0.05) is 6.07 Å². The third-order valence-corrected chi connectivity index (χ3v) is 1.83. The molecule has 0 heterocycles. The topological polar surface area (TPSA) is 35.5 Å². The average Bonchev–Trinajstić information content (AvgIpc) is 2.19. The molecule has 0 bridgehead atoms. The first-order valence-corrected chi connectivity index (χ1v) is 4.18. The standard InChI is InChI=1S/C10H10F2O3/c1-6-3-4-7(9(13)14-2)5-8(6)15-10(11)12/h3-5,10H,1-2H3. The number of hydrogen-bond donors (Lipinski definition) is 0. The summed E-state index contributed by atoms with van der Waals surface area (Å²) in [6.45, 7) is -1.30. The highest BCUT2D eigenvalue weighted by atomic mass is 19.3. The highest BCUT2D eigenvalue weighted by Gasteiger charge is 2.11. The van der Waals surface area contributed by atoms with Crippen molar-refractivity contribution in [3.8, 4) is 5.75 Å². The molecule has 0 aliphatic heterocycles. The Kier molecular flexibility index (Phi) is 3.60. The summed E-state index contributed by atoms with van der Waals surface area (Å²) in [6.07, 6.45) is 0. The molecule has 0 fully saturated rings. The van der Waals surface area contributed by atoms with Crippen molar-refractivity contribution in [1.29, 1.82) is 0 Å². The first kappa shape index (κ1) is 11.4. The molecule has 0 aliphatic carbocycles. The fraction of sp³-hybridized carbons (Fsp3) is 0.300. The normalized spacial score (nSPS) is 10.2. The van der Waals surface area contributed by atoms with Crippen LogP contribution in [0.15, 0.2) is 18.2 Å². The maximum absolute atomic E-state index is 12.0. The summed E-state index contributed by atoms with van der Waals surface area (Å²) in [5.41, 5.74) is 0.710. The fourth-order valence-corrected chi connectivity index (χ4v) is 1.07. The number of hydrogen-bond acceptors (Lipinski definition) is 3. The van der Waals surface area contributed by atoms with Crippen molar-refractivity contribution < 1.29 is 23.0 Å². The quantitative estimate of drug-likeness (QED) is 0.727. The van der Waals surface area contributed by atoms with Gasteiger partial charge in [0.05, 0.1) is 12.7 Å². The zero-order chi connectivity index (χ0) is 11.4. The van der Waals surface area contributed by atoms with Crippen molar-refractivity contribution >= 4 is 5.97 Å². The second-order valence-electron chi connectivity index (χ2n) is 2.85. The lowest BCUT2D eigenvalue weighted by Crippen LogP contribution is -2.06. The molecular formula is C10H10F2O3. The average molecular weight is 216 g/mol. The third kappa shape index (κ3) is 2.90. The molecule has 0 atom stereocenters. The Morgan fingerprint density at radius 1 is 1.40 bits per heavy atom. The first-order chi connectivity index (χ1) is 7.04. The van der Waals surface area contributed by atoms with Gasteiger partial charge in [-0.3, -0.25) is 0 Å². The van der Waals surface area contributed by atoms with E-state index in [9.17, 15) is 13.6 Å². The summed E-state index contributed by atoms with van der Waals surface area (Å²) < 4.78 is 32.6. The molecule has 0 aliphatic rings. The first-order valence-electron chi connectivity index (χ1n) is 4.18. The molecule has 1 rings (SSSR count). The predicted molar refractivity (Wildman–Crippen MR) is 49.2 cm³/mol. The van der Waals surface area contributed by atoms with Gasteiger partial charge in [-0.15, -0.1) is 0 Å². The van der Waals surface area contributed by atoms with E-state index >= 15 is 0 Å². The zero-order valence-electron chi connectivity index (χ0n) is 8.29. The number of carbonyl (C=O) groups excluding carboxylic acids is 1. The Morgan fingerprint density at radius 2 is 2.07 bits per heavy atom. The van der Waals surface area contributed by atoms with Gasteiger partial charge in [0.15, 0.2) is 0 Å². The van der Waals surface area contributed by atoms with Gasteiger partial charge >= 0.3 is 12.6 Å². The molecule has 0 saturated carbocycles. The summed E-state index contributed by atoms with van der Waals surface area (Å²) in [7, 11) is 1.22. The monoisotopic (exact) mass is 216 g/mol. The molecule has 0 saturated heterocycles. The minimum Gasteiger partial charge on any atom is -0.465 e. The van der Waals surface area contributed by atoms with Crippen LogP contribution in [0.2, 0.25) is 0 Å². The summed E-state index contributed by atoms with van der Waals surface area (Å²) in [5.74, 6) is -0.609. The van der Waals surface area contributed by atoms with Crippen LogP contribution in [0.5, 0.6) is 5.75 Å². The molecule has 0 spiro atoms. The Bertz CT molecular complexity index is 364. The Balaban J connectivity index is 2.99. The zero-order valence-corrected chi connectivity index (χ0v) is 8.29. The number of ether oxygens (including phenoxy) is 2. The van der Waals surface area contributed by atoms with E-state index < -0.39 is 12.6 Å². The van der Waals surface area contributed by atoms with Crippen LogP contribution in [-0.2, 0) is 4.74 Å². The van der Waals surface area contributed by atoms with Crippen LogP contribution < -0.4 is 4.74 Å². The Labute approximate surface area is 85.6 Å². The van der Waals surface area contributed by atoms with Gasteiger partial charge in [0, 0.05) is 0 Å². The molecular weight excluding hydrogens is 206 g/mol. The number of methoxy groups -OCH3 is 1. The maximum atomic E-state index is 12.0. The second-order valence-corrected chi connectivity index (χ2v) is 2.85. The molecule has 15 heavy (non-hydrogen) atoms. The molecule has 0 amide bonds. The van der Waals surface area contributed by atoms with Crippen LogP contribution in [0.1, 0.15) is 15.9 Å². The highest BCUT2D eigenvalue weighted by Crippen LogP contribution is 2.21.